The van der Waals surface area contributed by atoms with Crippen molar-refractivity contribution in [3.05, 3.63) is 509 Å². The van der Waals surface area contributed by atoms with Crippen LogP contribution in [-0.4, -0.2) is 19.9 Å². The second kappa shape index (κ2) is 35.3. The summed E-state index contributed by atoms with van der Waals surface area (Å²) in [5, 5.41) is 0. The lowest BCUT2D eigenvalue weighted by Crippen LogP contribution is -2.28. The molecular formula is C110H104N4. The van der Waals surface area contributed by atoms with Gasteiger partial charge >= 0.3 is 0 Å². The second-order valence-corrected chi connectivity index (χ2v) is 30.8. The van der Waals surface area contributed by atoms with E-state index in [-0.39, 0.29) is 16.2 Å². The van der Waals surface area contributed by atoms with Crippen LogP contribution in [0.1, 0.15) is 151 Å². The van der Waals surface area contributed by atoms with Crippen LogP contribution in [0.15, 0.2) is 358 Å². The molecule has 4 aromatic heterocycles. The summed E-state index contributed by atoms with van der Waals surface area (Å²) in [4.78, 5) is 16.7. The van der Waals surface area contributed by atoms with E-state index in [1.807, 2.05) is 59.3 Å². The van der Waals surface area contributed by atoms with Crippen LogP contribution in [0.3, 0.4) is 0 Å². The van der Waals surface area contributed by atoms with Gasteiger partial charge in [-0.25, -0.2) is 0 Å². The van der Waals surface area contributed by atoms with Crippen molar-refractivity contribution < 1.29 is 0 Å². The first-order valence-electron chi connectivity index (χ1n) is 39.8. The highest BCUT2D eigenvalue weighted by Gasteiger charge is 2.49. The van der Waals surface area contributed by atoms with Crippen LogP contribution in [0.5, 0.6) is 0 Å². The number of fused-ring (bicyclic) bond motifs is 9. The minimum absolute atomic E-state index is 0.262. The fraction of sp³-hybridized carbons (Fsp3) is 0.164. The number of hydrogen-bond donors (Lipinski definition) is 0. The zero-order valence-electron chi connectivity index (χ0n) is 68.9. The zero-order chi connectivity index (χ0) is 80.1. The second-order valence-electron chi connectivity index (χ2n) is 30.8. The Morgan fingerprint density at radius 2 is 0.535 bits per heavy atom. The van der Waals surface area contributed by atoms with E-state index in [1.54, 1.807) is 0 Å². The zero-order valence-corrected chi connectivity index (χ0v) is 68.9. The first-order chi connectivity index (χ1) is 55.3. The van der Waals surface area contributed by atoms with Crippen molar-refractivity contribution in [2.45, 2.75) is 120 Å². The molecule has 0 radical (unpaired) electrons. The Labute approximate surface area is 678 Å². The van der Waals surface area contributed by atoms with Crippen molar-refractivity contribution in [1.82, 2.24) is 19.9 Å². The Hall–Kier alpha value is -12.8. The third-order valence-corrected chi connectivity index (χ3v) is 22.8. The van der Waals surface area contributed by atoms with Crippen molar-refractivity contribution in [2.24, 2.45) is 0 Å². The van der Waals surface area contributed by atoms with Gasteiger partial charge in [-0.15, -0.1) is 0 Å². The van der Waals surface area contributed by atoms with Crippen LogP contribution in [-0.2, 0) is 16.2 Å². The summed E-state index contributed by atoms with van der Waals surface area (Å²) in [6, 6.07) is 123. The highest BCUT2D eigenvalue weighted by molar-refractivity contribution is 5.90. The first kappa shape index (κ1) is 79.3. The van der Waals surface area contributed by atoms with Crippen molar-refractivity contribution >= 4 is 0 Å². The normalized spacial score (nSPS) is 12.6. The number of nitrogens with zero attached hydrogens (tertiary/aromatic N) is 4. The first-order valence-corrected chi connectivity index (χ1v) is 39.8. The molecule has 19 rings (SSSR count). The van der Waals surface area contributed by atoms with E-state index in [9.17, 15) is 0 Å². The van der Waals surface area contributed by atoms with E-state index in [2.05, 4.69) is 423 Å². The summed E-state index contributed by atoms with van der Waals surface area (Å²) in [6.45, 7) is 31.3. The maximum absolute atomic E-state index is 4.23. The Morgan fingerprint density at radius 1 is 0.211 bits per heavy atom. The minimum atomic E-state index is -0.263. The lowest BCUT2D eigenvalue weighted by Gasteiger charge is -2.34. The third-order valence-electron chi connectivity index (χ3n) is 22.8. The molecule has 4 heteroatoms. The molecule has 4 heterocycles. The van der Waals surface area contributed by atoms with Crippen molar-refractivity contribution in [3.8, 4) is 33.4 Å². The lowest BCUT2D eigenvalue weighted by atomic mass is 9.67. The van der Waals surface area contributed by atoms with Crippen LogP contribution >= 0.6 is 0 Å². The maximum atomic E-state index is 4.23. The summed E-state index contributed by atoms with van der Waals surface area (Å²) < 4.78 is 0. The predicted octanol–water partition coefficient (Wildman–Crippen LogP) is 27.1. The van der Waals surface area contributed by atoms with Crippen LogP contribution in [0.2, 0.25) is 0 Å². The fourth-order valence-corrected chi connectivity index (χ4v) is 17.4. The van der Waals surface area contributed by atoms with Gasteiger partial charge in [0.2, 0.25) is 0 Å². The number of aromatic nitrogens is 4. The summed E-state index contributed by atoms with van der Waals surface area (Å²) in [5.41, 5.74) is 42.1. The van der Waals surface area contributed by atoms with Gasteiger partial charge < -0.3 is 0 Å². The molecule has 4 nitrogen and oxygen atoms in total. The predicted molar refractivity (Wildman–Crippen MR) is 479 cm³/mol. The average Bonchev–Trinajstić information content (AvgIpc) is 1.55. The van der Waals surface area contributed by atoms with Gasteiger partial charge in [-0.05, 0) is 279 Å². The molecule has 0 N–H and O–H groups in total. The lowest BCUT2D eigenvalue weighted by molar-refractivity contribution is 0.767. The summed E-state index contributed by atoms with van der Waals surface area (Å²) in [7, 11) is 0. The monoisotopic (exact) mass is 1480 g/mol. The molecule has 0 fully saturated rings. The molecule has 0 atom stereocenters. The summed E-state index contributed by atoms with van der Waals surface area (Å²) in [6.07, 6.45) is 5.63. The van der Waals surface area contributed by atoms with Crippen LogP contribution in [0.25, 0.3) is 33.4 Å². The van der Waals surface area contributed by atoms with Crippen LogP contribution in [0, 0.1) is 104 Å². The SMILES string of the molecule is Cc1cc(C)nc(C)c1.Cc1cc(C)nc(C)c1.Cc1ccc2c(c1)-c1ccccc1C2(c1ccccc1)c1ccccc1.Cc1ccc2c(c1)C(c1ccccc1)(c1ccccc1)c1ccccc1-2.Cc1cccc2c1-c1ccccc1C2(c1ccccc1)c1ccccc1.Cc1ccnc(C)c1C.Cc1cncc(C)c1C. The molecule has 12 aromatic carbocycles. The van der Waals surface area contributed by atoms with Gasteiger partial charge in [-0.2, -0.15) is 0 Å². The molecule has 0 saturated carbocycles. The highest BCUT2D eigenvalue weighted by Crippen LogP contribution is 2.59. The maximum Gasteiger partial charge on any atom is 0.0713 e. The van der Waals surface area contributed by atoms with Gasteiger partial charge in [-0.1, -0.05) is 321 Å². The molecule has 0 bridgehead atoms. The number of rotatable bonds is 6. The van der Waals surface area contributed by atoms with E-state index in [0.29, 0.717) is 0 Å². The Bertz CT molecular complexity index is 5530. The van der Waals surface area contributed by atoms with Crippen molar-refractivity contribution in [3.63, 3.8) is 0 Å². The number of hydrogen-bond acceptors (Lipinski definition) is 4. The molecule has 0 unspecified atom stereocenters. The van der Waals surface area contributed by atoms with Crippen LogP contribution in [0.4, 0.5) is 0 Å². The van der Waals surface area contributed by atoms with Gasteiger partial charge in [-0.3, -0.25) is 19.9 Å². The Morgan fingerprint density at radius 3 is 0.930 bits per heavy atom. The molecule has 0 saturated heterocycles. The Balaban J connectivity index is 0.000000123. The van der Waals surface area contributed by atoms with Gasteiger partial charge in [0.15, 0.2) is 0 Å². The molecular weight excluding hydrogens is 1380 g/mol. The van der Waals surface area contributed by atoms with E-state index in [1.165, 1.54) is 156 Å². The Kier molecular flexibility index (Phi) is 24.6. The van der Waals surface area contributed by atoms with Gasteiger partial charge in [0.1, 0.15) is 0 Å². The molecule has 0 aliphatic heterocycles. The molecule has 3 aliphatic rings. The highest BCUT2D eigenvalue weighted by atomic mass is 14.7. The minimum Gasteiger partial charge on any atom is -0.264 e. The van der Waals surface area contributed by atoms with Crippen molar-refractivity contribution in [1.29, 1.82) is 0 Å². The molecule has 0 amide bonds. The molecule has 0 spiro atoms. The molecule has 564 valence electrons. The van der Waals surface area contributed by atoms with E-state index in [0.717, 1.165) is 28.5 Å². The average molecular weight is 1480 g/mol. The topological polar surface area (TPSA) is 51.6 Å². The molecule has 16 aromatic rings. The summed E-state index contributed by atoms with van der Waals surface area (Å²) in [5.74, 6) is 0. The van der Waals surface area contributed by atoms with Crippen LogP contribution < -0.4 is 0 Å². The van der Waals surface area contributed by atoms with Gasteiger partial charge in [0.05, 0.1) is 16.2 Å². The third kappa shape index (κ3) is 16.1. The number of benzene rings is 12. The number of aryl methyl sites for hydroxylation is 13. The smallest absolute Gasteiger partial charge is 0.0713 e. The quantitative estimate of drug-likeness (QED) is 0.166. The fourth-order valence-electron chi connectivity index (χ4n) is 17.4. The van der Waals surface area contributed by atoms with Crippen molar-refractivity contribution in [2.75, 3.05) is 0 Å². The van der Waals surface area contributed by atoms with E-state index in [4.69, 9.17) is 0 Å². The largest absolute Gasteiger partial charge is 0.264 e. The standard InChI is InChI=1S/3C26H20.4C8H11N/c1-19-11-10-18-24-25(19)22-16-8-9-17-23(22)26(24,20-12-4-2-5-13-20)21-14-6-3-7-15-21;1-19-16-17-25-23(18-19)22-14-8-9-15-24(22)26(25,20-10-4-2-5-11-20)21-12-6-3-7-13-21;1-19-16-17-23-22-14-8-9-15-24(22)26(25(23)18-19,20-10-4-2-5-11-20)21-12-6-3-7-13-21;1-6-4-9-5-7(2)8(6)3;2*1-6-4-7(2)9-8(3)5-6;1-6-4-5-9-8(3)7(6)2/h3*2-18H,1H3;4*4-5H,1-3H3. The number of pyridine rings is 4. The van der Waals surface area contributed by atoms with Gasteiger partial charge in [0.25, 0.3) is 0 Å². The molecule has 3 aliphatic carbocycles. The van der Waals surface area contributed by atoms with Gasteiger partial charge in [0, 0.05) is 47.1 Å². The van der Waals surface area contributed by atoms with E-state index < -0.39 is 0 Å². The summed E-state index contributed by atoms with van der Waals surface area (Å²) >= 11 is 0. The van der Waals surface area contributed by atoms with E-state index >= 15 is 0 Å². The molecule has 114 heavy (non-hydrogen) atoms.